The lowest BCUT2D eigenvalue weighted by atomic mass is 10.1. The first-order valence-electron chi connectivity index (χ1n) is 5.11. The molecular weight excluding hydrogens is 182 g/mol. The van der Waals surface area contributed by atoms with Gasteiger partial charge in [0.05, 0.1) is 0 Å². The van der Waals surface area contributed by atoms with E-state index in [0.717, 1.165) is 12.8 Å². The number of carboxylic acids is 1. The lowest BCUT2D eigenvalue weighted by molar-refractivity contribution is -0.149. The third-order valence-electron chi connectivity index (χ3n) is 2.91. The minimum Gasteiger partial charge on any atom is -0.480 e. The van der Waals surface area contributed by atoms with E-state index in [9.17, 15) is 9.59 Å². The van der Waals surface area contributed by atoms with Gasteiger partial charge in [-0.25, -0.2) is 0 Å². The number of aliphatic carboxylic acids is 1. The molecule has 0 aromatic carbocycles. The summed E-state index contributed by atoms with van der Waals surface area (Å²) in [5.74, 6) is -1.29. The van der Waals surface area contributed by atoms with Crippen LogP contribution in [0.1, 0.15) is 39.5 Å². The molecule has 0 unspecified atom stereocenters. The number of carboxylic acid groups (broad SMARTS) is 1. The van der Waals surface area contributed by atoms with Gasteiger partial charge in [0.2, 0.25) is 5.91 Å². The Bertz CT molecular complexity index is 242. The number of nitrogens with one attached hydrogen (secondary N) is 1. The van der Waals surface area contributed by atoms with Crippen LogP contribution in [0.4, 0.5) is 0 Å². The quantitative estimate of drug-likeness (QED) is 0.653. The second-order valence-corrected chi connectivity index (χ2v) is 3.87. The van der Waals surface area contributed by atoms with Gasteiger partial charge < -0.3 is 10.4 Å². The third kappa shape index (κ3) is 1.89. The van der Waals surface area contributed by atoms with Crippen molar-refractivity contribution in [3.63, 3.8) is 0 Å². The summed E-state index contributed by atoms with van der Waals surface area (Å²) < 4.78 is 0. The molecule has 0 heterocycles. The maximum absolute atomic E-state index is 11.6. The van der Waals surface area contributed by atoms with Crippen molar-refractivity contribution in [3.8, 4) is 0 Å². The zero-order chi connectivity index (χ0) is 10.8. The van der Waals surface area contributed by atoms with E-state index in [4.69, 9.17) is 5.11 Å². The zero-order valence-corrected chi connectivity index (χ0v) is 8.67. The van der Waals surface area contributed by atoms with E-state index in [-0.39, 0.29) is 11.9 Å². The number of rotatable bonds is 5. The Hall–Kier alpha value is -1.06. The first-order chi connectivity index (χ1) is 6.56. The van der Waals surface area contributed by atoms with Gasteiger partial charge in [-0.2, -0.15) is 0 Å². The SMILES string of the molecule is CCC(CC)NC(=O)C1(C(=O)O)CC1. The fourth-order valence-electron chi connectivity index (χ4n) is 1.48. The topological polar surface area (TPSA) is 66.4 Å². The molecule has 1 aliphatic carbocycles. The first-order valence-corrected chi connectivity index (χ1v) is 5.11. The number of carbonyl (C=O) groups is 2. The predicted octanol–water partition coefficient (Wildman–Crippen LogP) is 1.16. The molecule has 0 bridgehead atoms. The Morgan fingerprint density at radius 1 is 1.36 bits per heavy atom. The zero-order valence-electron chi connectivity index (χ0n) is 8.67. The van der Waals surface area contributed by atoms with Crippen LogP contribution in [0.3, 0.4) is 0 Å². The molecule has 0 spiro atoms. The van der Waals surface area contributed by atoms with Gasteiger partial charge in [-0.05, 0) is 25.7 Å². The molecule has 1 aliphatic rings. The molecule has 1 saturated carbocycles. The fourth-order valence-corrected chi connectivity index (χ4v) is 1.48. The van der Waals surface area contributed by atoms with Crippen molar-refractivity contribution in [2.45, 2.75) is 45.6 Å². The van der Waals surface area contributed by atoms with Crippen LogP contribution in [0.15, 0.2) is 0 Å². The van der Waals surface area contributed by atoms with Crippen LogP contribution in [0, 0.1) is 5.41 Å². The van der Waals surface area contributed by atoms with Crippen molar-refractivity contribution in [2.24, 2.45) is 5.41 Å². The highest BCUT2D eigenvalue weighted by Crippen LogP contribution is 2.46. The second-order valence-electron chi connectivity index (χ2n) is 3.87. The molecule has 4 nitrogen and oxygen atoms in total. The summed E-state index contributed by atoms with van der Waals surface area (Å²) in [5.41, 5.74) is -1.09. The van der Waals surface area contributed by atoms with Gasteiger partial charge in [-0.3, -0.25) is 9.59 Å². The highest BCUT2D eigenvalue weighted by molar-refractivity contribution is 6.04. The highest BCUT2D eigenvalue weighted by atomic mass is 16.4. The van der Waals surface area contributed by atoms with E-state index in [2.05, 4.69) is 5.32 Å². The minimum absolute atomic E-state index is 0.110. The van der Waals surface area contributed by atoms with Crippen LogP contribution in [-0.4, -0.2) is 23.0 Å². The molecule has 80 valence electrons. The molecule has 0 aromatic rings. The molecule has 2 N–H and O–H groups in total. The monoisotopic (exact) mass is 199 g/mol. The Morgan fingerprint density at radius 2 is 1.86 bits per heavy atom. The van der Waals surface area contributed by atoms with Crippen LogP contribution >= 0.6 is 0 Å². The Morgan fingerprint density at radius 3 is 2.14 bits per heavy atom. The molecule has 0 atom stereocenters. The van der Waals surface area contributed by atoms with E-state index in [0.29, 0.717) is 12.8 Å². The highest BCUT2D eigenvalue weighted by Gasteiger charge is 2.57. The van der Waals surface area contributed by atoms with Crippen LogP contribution in [0.2, 0.25) is 0 Å². The molecule has 14 heavy (non-hydrogen) atoms. The van der Waals surface area contributed by atoms with Crippen molar-refractivity contribution in [2.75, 3.05) is 0 Å². The lowest BCUT2D eigenvalue weighted by Crippen LogP contribution is -2.42. The summed E-state index contributed by atoms with van der Waals surface area (Å²) in [6.07, 6.45) is 2.65. The number of amides is 1. The van der Waals surface area contributed by atoms with Crippen molar-refractivity contribution in [3.05, 3.63) is 0 Å². The standard InChI is InChI=1S/C10H17NO3/c1-3-7(4-2)11-8(12)10(5-6-10)9(13)14/h7H,3-6H2,1-2H3,(H,11,12)(H,13,14). The van der Waals surface area contributed by atoms with Gasteiger partial charge in [0.1, 0.15) is 5.41 Å². The Kier molecular flexibility index (Phi) is 3.13. The van der Waals surface area contributed by atoms with Crippen molar-refractivity contribution >= 4 is 11.9 Å². The first kappa shape index (κ1) is 11.0. The summed E-state index contributed by atoms with van der Waals surface area (Å²) >= 11 is 0. The molecule has 4 heteroatoms. The van der Waals surface area contributed by atoms with Gasteiger partial charge in [-0.1, -0.05) is 13.8 Å². The second kappa shape index (κ2) is 3.98. The van der Waals surface area contributed by atoms with Gasteiger partial charge in [-0.15, -0.1) is 0 Å². The maximum atomic E-state index is 11.6. The van der Waals surface area contributed by atoms with Gasteiger partial charge in [0.15, 0.2) is 0 Å². The average Bonchev–Trinajstić information content (AvgIpc) is 2.94. The molecule has 1 rings (SSSR count). The number of hydrogen-bond donors (Lipinski definition) is 2. The Labute approximate surface area is 83.7 Å². The van der Waals surface area contributed by atoms with Gasteiger partial charge in [0, 0.05) is 6.04 Å². The summed E-state index contributed by atoms with van der Waals surface area (Å²) in [6.45, 7) is 3.96. The normalized spacial score (nSPS) is 17.9. The van der Waals surface area contributed by atoms with Crippen molar-refractivity contribution < 1.29 is 14.7 Å². The average molecular weight is 199 g/mol. The van der Waals surface area contributed by atoms with Crippen molar-refractivity contribution in [1.29, 1.82) is 0 Å². The van der Waals surface area contributed by atoms with Crippen LogP contribution in [-0.2, 0) is 9.59 Å². The van der Waals surface area contributed by atoms with E-state index in [1.165, 1.54) is 0 Å². The molecular formula is C10H17NO3. The van der Waals surface area contributed by atoms with E-state index in [1.54, 1.807) is 0 Å². The van der Waals surface area contributed by atoms with Crippen molar-refractivity contribution in [1.82, 2.24) is 5.32 Å². The smallest absolute Gasteiger partial charge is 0.319 e. The van der Waals surface area contributed by atoms with Gasteiger partial charge in [0.25, 0.3) is 0 Å². The van der Waals surface area contributed by atoms with E-state index < -0.39 is 11.4 Å². The molecule has 0 aliphatic heterocycles. The lowest BCUT2D eigenvalue weighted by Gasteiger charge is -2.17. The minimum atomic E-state index is -1.09. The predicted molar refractivity (Wildman–Crippen MR) is 51.8 cm³/mol. The molecule has 0 radical (unpaired) electrons. The van der Waals surface area contributed by atoms with Crippen LogP contribution < -0.4 is 5.32 Å². The van der Waals surface area contributed by atoms with E-state index >= 15 is 0 Å². The molecule has 0 aromatic heterocycles. The van der Waals surface area contributed by atoms with E-state index in [1.807, 2.05) is 13.8 Å². The Balaban J connectivity index is 2.54. The summed E-state index contributed by atoms with van der Waals surface area (Å²) in [6, 6.07) is 0.110. The summed E-state index contributed by atoms with van der Waals surface area (Å²) in [4.78, 5) is 22.4. The van der Waals surface area contributed by atoms with Crippen LogP contribution in [0.25, 0.3) is 0 Å². The largest absolute Gasteiger partial charge is 0.480 e. The molecule has 1 fully saturated rings. The van der Waals surface area contributed by atoms with Crippen LogP contribution in [0.5, 0.6) is 0 Å². The maximum Gasteiger partial charge on any atom is 0.319 e. The number of carbonyl (C=O) groups excluding carboxylic acids is 1. The molecule has 1 amide bonds. The summed E-state index contributed by atoms with van der Waals surface area (Å²) in [5, 5.41) is 11.7. The fraction of sp³-hybridized carbons (Fsp3) is 0.800. The number of hydrogen-bond acceptors (Lipinski definition) is 2. The molecule has 0 saturated heterocycles. The van der Waals surface area contributed by atoms with Gasteiger partial charge >= 0.3 is 5.97 Å². The summed E-state index contributed by atoms with van der Waals surface area (Å²) in [7, 11) is 0. The third-order valence-corrected chi connectivity index (χ3v) is 2.91.